The molecule has 0 fully saturated rings. The number of halogens is 1. The molecule has 0 heterocycles. The zero-order chi connectivity index (χ0) is 19.8. The summed E-state index contributed by atoms with van der Waals surface area (Å²) in [5.41, 5.74) is 2.66. The number of rotatable bonds is 9. The topological polar surface area (TPSA) is 65.0 Å². The Kier molecular flexibility index (Phi) is 7.55. The van der Waals surface area contributed by atoms with Gasteiger partial charge in [0.05, 0.1) is 6.61 Å². The van der Waals surface area contributed by atoms with E-state index in [4.69, 9.17) is 30.9 Å². The fourth-order valence-corrected chi connectivity index (χ4v) is 2.59. The highest BCUT2D eigenvalue weighted by Crippen LogP contribution is 2.29. The molecule has 0 aromatic heterocycles. The highest BCUT2D eigenvalue weighted by atomic mass is 35.5. The van der Waals surface area contributed by atoms with Crippen molar-refractivity contribution in [2.75, 3.05) is 19.8 Å². The summed E-state index contributed by atoms with van der Waals surface area (Å²) in [5, 5.41) is 9.47. The van der Waals surface area contributed by atoms with Crippen molar-refractivity contribution in [3.8, 4) is 17.2 Å². The number of carbonyl (C=O) groups is 1. The Balaban J connectivity index is 1.97. The lowest BCUT2D eigenvalue weighted by Crippen LogP contribution is -2.10. The predicted octanol–water partition coefficient (Wildman–Crippen LogP) is 4.91. The molecule has 0 unspecified atom stereocenters. The van der Waals surface area contributed by atoms with Gasteiger partial charge in [-0.25, -0.2) is 4.79 Å². The summed E-state index contributed by atoms with van der Waals surface area (Å²) < 4.78 is 17.1. The molecule has 1 N–H and O–H groups in total. The molecule has 0 aliphatic carbocycles. The molecular formula is C21H23ClO5. The average molecular weight is 391 g/mol. The standard InChI is InChI=1S/C21H23ClO5/c1-4-25-19-13-16(6-8-20(23)24)5-7-18(19)27-10-9-26-17-11-14(2)21(22)15(3)12-17/h5-8,11-13H,4,9-10H2,1-3H3,(H,23,24). The fourth-order valence-electron chi connectivity index (χ4n) is 2.48. The van der Waals surface area contributed by atoms with Crippen molar-refractivity contribution in [2.24, 2.45) is 0 Å². The molecule has 2 aromatic carbocycles. The van der Waals surface area contributed by atoms with Gasteiger partial charge in [0, 0.05) is 11.1 Å². The predicted molar refractivity (Wildman–Crippen MR) is 106 cm³/mol. The smallest absolute Gasteiger partial charge is 0.328 e. The minimum absolute atomic E-state index is 0.338. The van der Waals surface area contributed by atoms with Crippen LogP contribution in [0.1, 0.15) is 23.6 Å². The Morgan fingerprint density at radius 3 is 2.33 bits per heavy atom. The second kappa shape index (κ2) is 9.88. The van der Waals surface area contributed by atoms with Gasteiger partial charge in [-0.2, -0.15) is 0 Å². The molecule has 0 amide bonds. The summed E-state index contributed by atoms with van der Waals surface area (Å²) in [6.45, 7) is 6.93. The van der Waals surface area contributed by atoms with Gasteiger partial charge < -0.3 is 19.3 Å². The van der Waals surface area contributed by atoms with Crippen LogP contribution in [0.3, 0.4) is 0 Å². The van der Waals surface area contributed by atoms with E-state index in [1.54, 1.807) is 18.2 Å². The van der Waals surface area contributed by atoms with Crippen molar-refractivity contribution in [1.29, 1.82) is 0 Å². The molecule has 0 saturated heterocycles. The first kappa shape index (κ1) is 20.6. The first-order chi connectivity index (χ1) is 12.9. The summed E-state index contributed by atoms with van der Waals surface area (Å²) in [5.74, 6) is 0.884. The normalized spacial score (nSPS) is 10.8. The SMILES string of the molecule is CCOc1cc(C=CC(=O)O)ccc1OCCOc1cc(C)c(Cl)c(C)c1. The lowest BCUT2D eigenvalue weighted by Gasteiger charge is -2.14. The van der Waals surface area contributed by atoms with Gasteiger partial charge in [-0.05, 0) is 67.8 Å². The minimum Gasteiger partial charge on any atom is -0.490 e. The Hall–Kier alpha value is -2.66. The molecule has 0 aliphatic heterocycles. The Bertz CT molecular complexity index is 806. The Morgan fingerprint density at radius 1 is 1.04 bits per heavy atom. The summed E-state index contributed by atoms with van der Waals surface area (Å²) in [6, 6.07) is 9.05. The van der Waals surface area contributed by atoms with Gasteiger partial charge in [0.1, 0.15) is 19.0 Å². The summed E-state index contributed by atoms with van der Waals surface area (Å²) >= 11 is 6.16. The lowest BCUT2D eigenvalue weighted by molar-refractivity contribution is -0.131. The number of hydrogen-bond donors (Lipinski definition) is 1. The van der Waals surface area contributed by atoms with Gasteiger partial charge >= 0.3 is 5.97 Å². The van der Waals surface area contributed by atoms with Crippen LogP contribution in [0.4, 0.5) is 0 Å². The van der Waals surface area contributed by atoms with Crippen molar-refractivity contribution in [2.45, 2.75) is 20.8 Å². The van der Waals surface area contributed by atoms with Crippen LogP contribution in [0.5, 0.6) is 17.2 Å². The molecule has 144 valence electrons. The molecule has 2 aromatic rings. The lowest BCUT2D eigenvalue weighted by atomic mass is 10.1. The van der Waals surface area contributed by atoms with E-state index in [-0.39, 0.29) is 0 Å². The van der Waals surface area contributed by atoms with E-state index in [1.165, 1.54) is 6.08 Å². The van der Waals surface area contributed by atoms with Crippen LogP contribution in [-0.2, 0) is 4.79 Å². The van der Waals surface area contributed by atoms with Gasteiger partial charge in [-0.3, -0.25) is 0 Å². The number of carboxylic acids is 1. The number of benzene rings is 2. The summed E-state index contributed by atoms with van der Waals surface area (Å²) in [7, 11) is 0. The largest absolute Gasteiger partial charge is 0.490 e. The van der Waals surface area contributed by atoms with Gasteiger partial charge in [0.2, 0.25) is 0 Å². The number of carboxylic acid groups (broad SMARTS) is 1. The molecule has 6 heteroatoms. The van der Waals surface area contributed by atoms with Crippen molar-refractivity contribution < 1.29 is 24.1 Å². The Labute approximate surface area is 164 Å². The highest BCUT2D eigenvalue weighted by Gasteiger charge is 2.07. The number of ether oxygens (including phenoxy) is 3. The Morgan fingerprint density at radius 2 is 1.70 bits per heavy atom. The quantitative estimate of drug-likeness (QED) is 0.486. The molecule has 0 bridgehead atoms. The molecule has 27 heavy (non-hydrogen) atoms. The monoisotopic (exact) mass is 390 g/mol. The van der Waals surface area contributed by atoms with E-state index in [2.05, 4.69) is 0 Å². The van der Waals surface area contributed by atoms with Crippen LogP contribution in [0.25, 0.3) is 6.08 Å². The molecule has 0 radical (unpaired) electrons. The van der Waals surface area contributed by atoms with E-state index < -0.39 is 5.97 Å². The first-order valence-corrected chi connectivity index (χ1v) is 8.98. The number of hydrogen-bond acceptors (Lipinski definition) is 4. The number of aliphatic carboxylic acids is 1. The van der Waals surface area contributed by atoms with E-state index in [1.807, 2.05) is 32.9 Å². The van der Waals surface area contributed by atoms with Crippen molar-refractivity contribution in [3.63, 3.8) is 0 Å². The second-order valence-corrected chi connectivity index (χ2v) is 6.26. The maximum absolute atomic E-state index is 10.6. The average Bonchev–Trinajstić information content (AvgIpc) is 2.63. The number of aryl methyl sites for hydroxylation is 2. The van der Waals surface area contributed by atoms with Gasteiger partial charge in [0.25, 0.3) is 0 Å². The third-order valence-electron chi connectivity index (χ3n) is 3.71. The molecule has 0 saturated carbocycles. The maximum atomic E-state index is 10.6. The fraction of sp³-hybridized carbons (Fsp3) is 0.286. The van der Waals surface area contributed by atoms with E-state index in [0.717, 1.165) is 33.5 Å². The van der Waals surface area contributed by atoms with Crippen LogP contribution in [0.2, 0.25) is 5.02 Å². The van der Waals surface area contributed by atoms with Crippen molar-refractivity contribution in [3.05, 3.63) is 58.1 Å². The van der Waals surface area contributed by atoms with Gasteiger partial charge in [-0.1, -0.05) is 17.7 Å². The zero-order valence-corrected chi connectivity index (χ0v) is 16.4. The zero-order valence-electron chi connectivity index (χ0n) is 15.6. The maximum Gasteiger partial charge on any atom is 0.328 e. The van der Waals surface area contributed by atoms with Gasteiger partial charge in [-0.15, -0.1) is 0 Å². The summed E-state index contributed by atoms with van der Waals surface area (Å²) in [4.78, 5) is 10.6. The van der Waals surface area contributed by atoms with Crippen LogP contribution < -0.4 is 14.2 Å². The molecule has 2 rings (SSSR count). The molecular weight excluding hydrogens is 368 g/mol. The second-order valence-electron chi connectivity index (χ2n) is 5.88. The van der Waals surface area contributed by atoms with E-state index >= 15 is 0 Å². The van der Waals surface area contributed by atoms with Crippen LogP contribution in [0.15, 0.2) is 36.4 Å². The third kappa shape index (κ3) is 6.22. The minimum atomic E-state index is -1.00. The third-order valence-corrected chi connectivity index (χ3v) is 4.30. The van der Waals surface area contributed by atoms with E-state index in [9.17, 15) is 4.79 Å². The molecule has 0 atom stereocenters. The van der Waals surface area contributed by atoms with Crippen LogP contribution in [0, 0.1) is 13.8 Å². The molecule has 0 spiro atoms. The van der Waals surface area contributed by atoms with Crippen molar-refractivity contribution >= 4 is 23.6 Å². The summed E-state index contributed by atoms with van der Waals surface area (Å²) in [6.07, 6.45) is 2.58. The van der Waals surface area contributed by atoms with E-state index in [0.29, 0.717) is 31.3 Å². The highest BCUT2D eigenvalue weighted by molar-refractivity contribution is 6.32. The molecule has 0 aliphatic rings. The molecule has 5 nitrogen and oxygen atoms in total. The van der Waals surface area contributed by atoms with Crippen LogP contribution in [-0.4, -0.2) is 30.9 Å². The first-order valence-electron chi connectivity index (χ1n) is 8.61. The van der Waals surface area contributed by atoms with Gasteiger partial charge in [0.15, 0.2) is 11.5 Å². The van der Waals surface area contributed by atoms with Crippen LogP contribution >= 0.6 is 11.6 Å². The van der Waals surface area contributed by atoms with Crippen molar-refractivity contribution in [1.82, 2.24) is 0 Å².